The molecule has 0 aromatic heterocycles. The van der Waals surface area contributed by atoms with Gasteiger partial charge in [0.25, 0.3) is 0 Å². The Morgan fingerprint density at radius 2 is 2.00 bits per heavy atom. The van der Waals surface area contributed by atoms with E-state index in [1.54, 1.807) is 0 Å². The van der Waals surface area contributed by atoms with Crippen LogP contribution in [0.15, 0.2) is 18.2 Å². The number of anilines is 1. The zero-order chi connectivity index (χ0) is 16.0. The van der Waals surface area contributed by atoms with Crippen molar-refractivity contribution < 1.29 is 9.59 Å². The summed E-state index contributed by atoms with van der Waals surface area (Å²) in [6.07, 6.45) is 0.777. The van der Waals surface area contributed by atoms with E-state index in [4.69, 9.17) is 11.6 Å². The summed E-state index contributed by atoms with van der Waals surface area (Å²) in [5.41, 5.74) is 2.93. The second-order valence-electron chi connectivity index (χ2n) is 5.21. The predicted molar refractivity (Wildman–Crippen MR) is 86.7 cm³/mol. The lowest BCUT2D eigenvalue weighted by Crippen LogP contribution is -2.44. The number of nitrogens with one attached hydrogen (secondary N) is 1. The first-order valence-corrected chi connectivity index (χ1v) is 7.65. The number of amides is 2. The van der Waals surface area contributed by atoms with E-state index >= 15 is 0 Å². The summed E-state index contributed by atoms with van der Waals surface area (Å²) in [7, 11) is 0. The fourth-order valence-corrected chi connectivity index (χ4v) is 2.17. The Bertz CT molecular complexity index is 517. The van der Waals surface area contributed by atoms with Crippen LogP contribution in [0.3, 0.4) is 0 Å². The molecule has 1 rings (SSSR count). The molecule has 0 radical (unpaired) electrons. The Hall–Kier alpha value is -1.55. The Kier molecular flexibility index (Phi) is 6.69. The molecule has 116 valence electrons. The molecule has 0 spiro atoms. The SMILES string of the molecule is CC[C@@H](C)N(CC(=O)Nc1cccc(C)c1C)C(=O)CCl. The van der Waals surface area contributed by atoms with E-state index in [0.29, 0.717) is 0 Å². The van der Waals surface area contributed by atoms with Gasteiger partial charge in [0.1, 0.15) is 12.4 Å². The molecule has 0 aliphatic rings. The van der Waals surface area contributed by atoms with Gasteiger partial charge in [0, 0.05) is 11.7 Å². The van der Waals surface area contributed by atoms with E-state index in [9.17, 15) is 9.59 Å². The highest BCUT2D eigenvalue weighted by molar-refractivity contribution is 6.27. The molecule has 1 atom stereocenters. The third kappa shape index (κ3) is 4.74. The molecule has 1 aromatic carbocycles. The fourth-order valence-electron chi connectivity index (χ4n) is 2.02. The number of carbonyl (C=O) groups is 2. The van der Waals surface area contributed by atoms with Gasteiger partial charge in [-0.2, -0.15) is 0 Å². The van der Waals surface area contributed by atoms with E-state index in [1.165, 1.54) is 4.90 Å². The molecule has 0 aliphatic heterocycles. The minimum Gasteiger partial charge on any atom is -0.330 e. The monoisotopic (exact) mass is 310 g/mol. The Morgan fingerprint density at radius 3 is 2.57 bits per heavy atom. The molecule has 4 nitrogen and oxygen atoms in total. The summed E-state index contributed by atoms with van der Waals surface area (Å²) < 4.78 is 0. The highest BCUT2D eigenvalue weighted by Crippen LogP contribution is 2.18. The van der Waals surface area contributed by atoms with E-state index in [1.807, 2.05) is 45.9 Å². The second-order valence-corrected chi connectivity index (χ2v) is 5.48. The van der Waals surface area contributed by atoms with Crippen molar-refractivity contribution in [3.8, 4) is 0 Å². The molecular weight excluding hydrogens is 288 g/mol. The number of benzene rings is 1. The van der Waals surface area contributed by atoms with Gasteiger partial charge in [-0.05, 0) is 44.4 Å². The second kappa shape index (κ2) is 8.03. The van der Waals surface area contributed by atoms with Gasteiger partial charge < -0.3 is 10.2 Å². The number of alkyl halides is 1. The first kappa shape index (κ1) is 17.5. The van der Waals surface area contributed by atoms with Crippen LogP contribution in [0.5, 0.6) is 0 Å². The van der Waals surface area contributed by atoms with Gasteiger partial charge in [-0.25, -0.2) is 0 Å². The molecule has 0 fully saturated rings. The topological polar surface area (TPSA) is 49.4 Å². The van der Waals surface area contributed by atoms with Crippen molar-refractivity contribution in [1.82, 2.24) is 4.90 Å². The van der Waals surface area contributed by atoms with Gasteiger partial charge in [-0.1, -0.05) is 19.1 Å². The zero-order valence-corrected chi connectivity index (χ0v) is 13.8. The standard InChI is InChI=1S/C16H23ClN2O2/c1-5-12(3)19(16(21)9-17)10-15(20)18-14-8-6-7-11(2)13(14)4/h6-8,12H,5,9-10H2,1-4H3,(H,18,20)/t12-/m1/s1. The highest BCUT2D eigenvalue weighted by Gasteiger charge is 2.21. The van der Waals surface area contributed by atoms with E-state index in [0.717, 1.165) is 23.2 Å². The molecule has 0 saturated heterocycles. The third-order valence-electron chi connectivity index (χ3n) is 3.75. The molecule has 1 aromatic rings. The summed E-state index contributed by atoms with van der Waals surface area (Å²) in [5, 5.41) is 2.86. The molecule has 2 amide bonds. The van der Waals surface area contributed by atoms with Crippen LogP contribution >= 0.6 is 11.6 Å². The molecule has 0 saturated carbocycles. The van der Waals surface area contributed by atoms with Crippen molar-refractivity contribution in [2.24, 2.45) is 0 Å². The van der Waals surface area contributed by atoms with Crippen LogP contribution in [0, 0.1) is 13.8 Å². The maximum absolute atomic E-state index is 12.2. The maximum atomic E-state index is 12.2. The van der Waals surface area contributed by atoms with E-state index in [2.05, 4.69) is 5.32 Å². The smallest absolute Gasteiger partial charge is 0.244 e. The average molecular weight is 311 g/mol. The van der Waals surface area contributed by atoms with Crippen LogP contribution in [0.2, 0.25) is 0 Å². The number of rotatable bonds is 6. The molecular formula is C16H23ClN2O2. The maximum Gasteiger partial charge on any atom is 0.244 e. The minimum atomic E-state index is -0.220. The van der Waals surface area contributed by atoms with Crippen molar-refractivity contribution in [3.05, 3.63) is 29.3 Å². The van der Waals surface area contributed by atoms with Crippen molar-refractivity contribution in [2.75, 3.05) is 17.7 Å². The van der Waals surface area contributed by atoms with Crippen LogP contribution in [0.1, 0.15) is 31.4 Å². The summed E-state index contributed by atoms with van der Waals surface area (Å²) in [4.78, 5) is 25.5. The van der Waals surface area contributed by atoms with Crippen LogP contribution < -0.4 is 5.32 Å². The number of halogens is 1. The predicted octanol–water partition coefficient (Wildman–Crippen LogP) is 3.11. The van der Waals surface area contributed by atoms with Crippen LogP contribution in [-0.4, -0.2) is 35.2 Å². The molecule has 0 aliphatic carbocycles. The first-order valence-electron chi connectivity index (χ1n) is 7.12. The first-order chi connectivity index (χ1) is 9.90. The Morgan fingerprint density at radius 1 is 1.33 bits per heavy atom. The quantitative estimate of drug-likeness (QED) is 0.821. The lowest BCUT2D eigenvalue weighted by molar-refractivity contribution is -0.134. The molecule has 0 unspecified atom stereocenters. The molecule has 1 N–H and O–H groups in total. The van der Waals surface area contributed by atoms with Gasteiger partial charge in [0.15, 0.2) is 0 Å². The summed E-state index contributed by atoms with van der Waals surface area (Å²) in [6, 6.07) is 5.74. The number of hydrogen-bond acceptors (Lipinski definition) is 2. The van der Waals surface area contributed by atoms with Crippen molar-refractivity contribution in [3.63, 3.8) is 0 Å². The van der Waals surface area contributed by atoms with Crippen LogP contribution in [-0.2, 0) is 9.59 Å². The molecule has 5 heteroatoms. The van der Waals surface area contributed by atoms with Gasteiger partial charge in [-0.3, -0.25) is 9.59 Å². The van der Waals surface area contributed by atoms with Crippen LogP contribution in [0.25, 0.3) is 0 Å². The lowest BCUT2D eigenvalue weighted by Gasteiger charge is -2.27. The average Bonchev–Trinajstić information content (AvgIpc) is 2.48. The molecule has 21 heavy (non-hydrogen) atoms. The highest BCUT2D eigenvalue weighted by atomic mass is 35.5. The summed E-state index contributed by atoms with van der Waals surface area (Å²) >= 11 is 5.61. The van der Waals surface area contributed by atoms with Crippen LogP contribution in [0.4, 0.5) is 5.69 Å². The van der Waals surface area contributed by atoms with Gasteiger partial charge >= 0.3 is 0 Å². The third-order valence-corrected chi connectivity index (χ3v) is 3.98. The van der Waals surface area contributed by atoms with Gasteiger partial charge in [0.2, 0.25) is 11.8 Å². The largest absolute Gasteiger partial charge is 0.330 e. The Balaban J connectivity index is 2.78. The number of nitrogens with zero attached hydrogens (tertiary/aromatic N) is 1. The number of carbonyl (C=O) groups excluding carboxylic acids is 2. The van der Waals surface area contributed by atoms with Gasteiger partial charge in [0.05, 0.1) is 0 Å². The van der Waals surface area contributed by atoms with Gasteiger partial charge in [-0.15, -0.1) is 11.6 Å². The number of aryl methyl sites for hydroxylation is 1. The van der Waals surface area contributed by atoms with Crippen molar-refractivity contribution in [2.45, 2.75) is 40.2 Å². The van der Waals surface area contributed by atoms with Crippen molar-refractivity contribution in [1.29, 1.82) is 0 Å². The van der Waals surface area contributed by atoms with Crippen molar-refractivity contribution >= 4 is 29.1 Å². The summed E-state index contributed by atoms with van der Waals surface area (Å²) in [6.45, 7) is 7.86. The number of hydrogen-bond donors (Lipinski definition) is 1. The fraction of sp³-hybridized carbons (Fsp3) is 0.500. The van der Waals surface area contributed by atoms with E-state index < -0.39 is 0 Å². The summed E-state index contributed by atoms with van der Waals surface area (Å²) in [5.74, 6) is -0.536. The lowest BCUT2D eigenvalue weighted by atomic mass is 10.1. The Labute approximate surface area is 131 Å². The van der Waals surface area contributed by atoms with E-state index in [-0.39, 0.29) is 30.3 Å². The zero-order valence-electron chi connectivity index (χ0n) is 13.1. The molecule has 0 heterocycles. The normalized spacial score (nSPS) is 11.9. The molecule has 0 bridgehead atoms. The minimum absolute atomic E-state index is 0.0133.